The summed E-state index contributed by atoms with van der Waals surface area (Å²) in [4.78, 5) is 2.35. The summed E-state index contributed by atoms with van der Waals surface area (Å²) in [6.45, 7) is 3.94. The largest absolute Gasteiger partial charge is 0.408 e. The number of aromatic nitrogens is 2. The maximum absolute atomic E-state index is 12.3. The maximum atomic E-state index is 12.3. The smallest absolute Gasteiger partial charge is 0.317 e. The van der Waals surface area contributed by atoms with Gasteiger partial charge in [0.2, 0.25) is 0 Å². The summed E-state index contributed by atoms with van der Waals surface area (Å²) in [5, 5.41) is 7.19. The van der Waals surface area contributed by atoms with Crippen LogP contribution in [0.4, 0.5) is 13.2 Å². The Morgan fingerprint density at radius 1 is 1.24 bits per heavy atom. The summed E-state index contributed by atoms with van der Waals surface area (Å²) >= 11 is 0. The Hall–Kier alpha value is -1.08. The Morgan fingerprint density at radius 2 is 2.00 bits per heavy atom. The molecule has 2 fully saturated rings. The van der Waals surface area contributed by atoms with Gasteiger partial charge in [0, 0.05) is 24.8 Å². The number of nitrogens with one attached hydrogen (secondary N) is 1. The molecule has 1 N–H and O–H groups in total. The lowest BCUT2D eigenvalue weighted by molar-refractivity contribution is -0.142. The molecule has 0 saturated carbocycles. The van der Waals surface area contributed by atoms with Crippen LogP contribution in [0.3, 0.4) is 0 Å². The number of hydrogen-bond acceptors (Lipinski definition) is 3. The summed E-state index contributed by atoms with van der Waals surface area (Å²) < 4.78 is 37.9. The van der Waals surface area contributed by atoms with Crippen LogP contribution in [0.2, 0.25) is 0 Å². The molecule has 21 heavy (non-hydrogen) atoms. The second kappa shape index (κ2) is 5.61. The van der Waals surface area contributed by atoms with Crippen molar-refractivity contribution in [3.63, 3.8) is 0 Å². The van der Waals surface area contributed by atoms with Crippen LogP contribution >= 0.6 is 0 Å². The minimum Gasteiger partial charge on any atom is -0.317 e. The van der Waals surface area contributed by atoms with Crippen LogP contribution in [0.1, 0.15) is 24.8 Å². The molecule has 0 aromatic carbocycles. The van der Waals surface area contributed by atoms with Crippen LogP contribution in [0.15, 0.2) is 12.4 Å². The molecule has 1 aromatic rings. The van der Waals surface area contributed by atoms with Crippen LogP contribution in [-0.4, -0.2) is 47.0 Å². The predicted octanol–water partition coefficient (Wildman–Crippen LogP) is 2.02. The summed E-state index contributed by atoms with van der Waals surface area (Å²) in [7, 11) is 0. The van der Waals surface area contributed by atoms with E-state index in [1.807, 2.05) is 0 Å². The van der Waals surface area contributed by atoms with Gasteiger partial charge in [0.25, 0.3) is 0 Å². The molecule has 4 nitrogen and oxygen atoms in total. The third-order valence-electron chi connectivity index (χ3n) is 4.62. The first-order valence-corrected chi connectivity index (χ1v) is 7.45. The number of alkyl halides is 3. The van der Waals surface area contributed by atoms with E-state index in [1.165, 1.54) is 25.5 Å². The van der Waals surface area contributed by atoms with E-state index in [-0.39, 0.29) is 0 Å². The van der Waals surface area contributed by atoms with Gasteiger partial charge in [-0.1, -0.05) is 0 Å². The van der Waals surface area contributed by atoms with Gasteiger partial charge in [-0.25, -0.2) is 0 Å². The number of rotatable bonds is 3. The van der Waals surface area contributed by atoms with Crippen LogP contribution < -0.4 is 5.32 Å². The average Bonchev–Trinajstić information content (AvgIpc) is 2.97. The molecule has 1 spiro atoms. The van der Waals surface area contributed by atoms with Crippen molar-refractivity contribution in [3.8, 4) is 0 Å². The van der Waals surface area contributed by atoms with Gasteiger partial charge in [-0.2, -0.15) is 18.3 Å². The highest BCUT2D eigenvalue weighted by Gasteiger charge is 2.38. The molecule has 0 bridgehead atoms. The second-order valence-electron chi connectivity index (χ2n) is 6.37. The lowest BCUT2D eigenvalue weighted by Crippen LogP contribution is -2.38. The molecular weight excluding hydrogens is 281 g/mol. The third kappa shape index (κ3) is 3.77. The Balaban J connectivity index is 1.55. The highest BCUT2D eigenvalue weighted by atomic mass is 19.4. The van der Waals surface area contributed by atoms with Crippen molar-refractivity contribution in [2.75, 3.05) is 26.2 Å². The van der Waals surface area contributed by atoms with Gasteiger partial charge in [-0.15, -0.1) is 0 Å². The van der Waals surface area contributed by atoms with E-state index < -0.39 is 12.7 Å². The zero-order valence-corrected chi connectivity index (χ0v) is 12.0. The maximum Gasteiger partial charge on any atom is 0.408 e. The van der Waals surface area contributed by atoms with Gasteiger partial charge in [0.1, 0.15) is 6.54 Å². The molecule has 2 aliphatic rings. The first kappa shape index (κ1) is 14.8. The highest BCUT2D eigenvalue weighted by Crippen LogP contribution is 2.38. The molecule has 1 aromatic heterocycles. The van der Waals surface area contributed by atoms with E-state index >= 15 is 0 Å². The average molecular weight is 302 g/mol. The van der Waals surface area contributed by atoms with E-state index in [9.17, 15) is 13.2 Å². The highest BCUT2D eigenvalue weighted by molar-refractivity contribution is 5.05. The minimum absolute atomic E-state index is 0.424. The topological polar surface area (TPSA) is 33.1 Å². The normalized spacial score (nSPS) is 23.0. The van der Waals surface area contributed by atoms with Crippen molar-refractivity contribution in [2.24, 2.45) is 5.41 Å². The second-order valence-corrected chi connectivity index (χ2v) is 6.37. The molecule has 3 heterocycles. The lowest BCUT2D eigenvalue weighted by Gasteiger charge is -2.33. The summed E-state index contributed by atoms with van der Waals surface area (Å²) in [5.74, 6) is 0. The number of piperidine rings is 1. The Kier molecular flexibility index (Phi) is 3.96. The molecule has 0 radical (unpaired) electrons. The molecule has 2 saturated heterocycles. The molecule has 0 unspecified atom stereocenters. The van der Waals surface area contributed by atoms with Gasteiger partial charge in [0.05, 0.1) is 6.20 Å². The van der Waals surface area contributed by atoms with E-state index in [1.54, 1.807) is 6.20 Å². The van der Waals surface area contributed by atoms with Crippen LogP contribution in [0.25, 0.3) is 0 Å². The molecule has 2 aliphatic heterocycles. The lowest BCUT2D eigenvalue weighted by atomic mass is 9.78. The molecular formula is C14H21F3N4. The van der Waals surface area contributed by atoms with E-state index in [4.69, 9.17) is 0 Å². The fourth-order valence-corrected chi connectivity index (χ4v) is 3.54. The molecule has 7 heteroatoms. The fraction of sp³-hybridized carbons (Fsp3) is 0.786. The van der Waals surface area contributed by atoms with Crippen molar-refractivity contribution in [3.05, 3.63) is 18.0 Å². The van der Waals surface area contributed by atoms with Crippen molar-refractivity contribution >= 4 is 0 Å². The molecule has 118 valence electrons. The van der Waals surface area contributed by atoms with Gasteiger partial charge in [-0.3, -0.25) is 9.58 Å². The van der Waals surface area contributed by atoms with E-state index in [0.29, 0.717) is 12.0 Å². The van der Waals surface area contributed by atoms with Gasteiger partial charge in [0.15, 0.2) is 0 Å². The number of likely N-dealkylation sites (tertiary alicyclic amines) is 1. The number of hydrogen-bond donors (Lipinski definition) is 1. The summed E-state index contributed by atoms with van der Waals surface area (Å²) in [6, 6.07) is 0. The van der Waals surface area contributed by atoms with E-state index in [0.717, 1.165) is 36.4 Å². The van der Waals surface area contributed by atoms with Crippen LogP contribution in [0, 0.1) is 5.41 Å². The zero-order valence-electron chi connectivity index (χ0n) is 12.0. The van der Waals surface area contributed by atoms with Gasteiger partial charge < -0.3 is 5.32 Å². The molecule has 3 rings (SSSR count). The third-order valence-corrected chi connectivity index (χ3v) is 4.62. The first-order valence-electron chi connectivity index (χ1n) is 7.45. The van der Waals surface area contributed by atoms with Gasteiger partial charge in [-0.05, 0) is 44.3 Å². The fourth-order valence-electron chi connectivity index (χ4n) is 3.54. The Morgan fingerprint density at radius 3 is 2.71 bits per heavy atom. The SMILES string of the molecule is FC(F)(F)Cn1cc(CN2CCC3(CCNCC3)C2)cn1. The van der Waals surface area contributed by atoms with Crippen molar-refractivity contribution in [1.82, 2.24) is 20.0 Å². The van der Waals surface area contributed by atoms with Crippen molar-refractivity contribution < 1.29 is 13.2 Å². The summed E-state index contributed by atoms with van der Waals surface area (Å²) in [5.41, 5.74) is 1.29. The molecule has 0 amide bonds. The monoisotopic (exact) mass is 302 g/mol. The quantitative estimate of drug-likeness (QED) is 0.927. The van der Waals surface area contributed by atoms with Crippen LogP contribution in [0.5, 0.6) is 0 Å². The Bertz CT molecular complexity index is 477. The predicted molar refractivity (Wildman–Crippen MR) is 72.7 cm³/mol. The first-order chi connectivity index (χ1) is 9.94. The molecule has 0 aliphatic carbocycles. The number of nitrogens with zero attached hydrogens (tertiary/aromatic N) is 3. The van der Waals surface area contributed by atoms with Gasteiger partial charge >= 0.3 is 6.18 Å². The van der Waals surface area contributed by atoms with Crippen molar-refractivity contribution in [1.29, 1.82) is 0 Å². The van der Waals surface area contributed by atoms with Crippen LogP contribution in [-0.2, 0) is 13.1 Å². The standard InChI is InChI=1S/C14H21F3N4/c15-14(16,17)11-21-9-12(7-19-21)8-20-6-3-13(10-20)1-4-18-5-2-13/h7,9,18H,1-6,8,10-11H2. The molecule has 0 atom stereocenters. The Labute approximate surface area is 122 Å². The number of halogens is 3. The van der Waals surface area contributed by atoms with E-state index in [2.05, 4.69) is 15.3 Å². The summed E-state index contributed by atoms with van der Waals surface area (Å²) in [6.07, 6.45) is 2.47. The minimum atomic E-state index is -4.21. The van der Waals surface area contributed by atoms with Crippen molar-refractivity contribution in [2.45, 2.75) is 38.5 Å². The zero-order chi connectivity index (χ0) is 14.9.